The minimum Gasteiger partial charge on any atom is -0.359 e. The first-order valence-electron chi connectivity index (χ1n) is 5.40. The highest BCUT2D eigenvalue weighted by atomic mass is 16.8. The molecule has 2 aliphatic rings. The van der Waals surface area contributed by atoms with E-state index in [1.54, 1.807) is 0 Å². The highest BCUT2D eigenvalue weighted by molar-refractivity contribution is 5.58. The first-order chi connectivity index (χ1) is 6.92. The minimum atomic E-state index is -0.614. The summed E-state index contributed by atoms with van der Waals surface area (Å²) in [6, 6.07) is 0. The number of rotatable bonds is 2. The Labute approximate surface area is 89.9 Å². The van der Waals surface area contributed by atoms with Crippen molar-refractivity contribution in [3.8, 4) is 0 Å². The molecule has 0 bridgehead atoms. The van der Waals surface area contributed by atoms with E-state index in [4.69, 9.17) is 14.2 Å². The molecule has 2 aliphatic heterocycles. The molecule has 2 fully saturated rings. The van der Waals surface area contributed by atoms with Gasteiger partial charge in [0.25, 0.3) is 0 Å². The molecule has 4 atom stereocenters. The van der Waals surface area contributed by atoms with Gasteiger partial charge in [-0.3, -0.25) is 0 Å². The van der Waals surface area contributed by atoms with Crippen LogP contribution in [0.2, 0.25) is 0 Å². The van der Waals surface area contributed by atoms with Crippen molar-refractivity contribution in [1.82, 2.24) is 0 Å². The standard InChI is InChI=1S/C11H18O4/c1-5-11(4)9-8(7(6-12)13-11)14-10(2,3)15-9/h6-9H,5H2,1-4H3/t7-,8-,9-,11-/m1/s1. The van der Waals surface area contributed by atoms with Gasteiger partial charge in [-0.15, -0.1) is 0 Å². The van der Waals surface area contributed by atoms with Crippen LogP contribution < -0.4 is 0 Å². The Morgan fingerprint density at radius 1 is 1.20 bits per heavy atom. The maximum Gasteiger partial charge on any atom is 0.164 e. The quantitative estimate of drug-likeness (QED) is 0.649. The van der Waals surface area contributed by atoms with Crippen LogP contribution in [0.4, 0.5) is 0 Å². The Hall–Kier alpha value is -0.450. The first kappa shape index (κ1) is 11.0. The Balaban J connectivity index is 2.26. The van der Waals surface area contributed by atoms with Crippen LogP contribution in [0.3, 0.4) is 0 Å². The Bertz CT molecular complexity index is 276. The van der Waals surface area contributed by atoms with Gasteiger partial charge in [0.1, 0.15) is 18.3 Å². The van der Waals surface area contributed by atoms with Crippen LogP contribution in [0.1, 0.15) is 34.1 Å². The van der Waals surface area contributed by atoms with Gasteiger partial charge in [0.15, 0.2) is 12.1 Å². The molecule has 86 valence electrons. The fraction of sp³-hybridized carbons (Fsp3) is 0.909. The number of carbonyl (C=O) groups excluding carboxylic acids is 1. The normalized spacial score (nSPS) is 47.9. The summed E-state index contributed by atoms with van der Waals surface area (Å²) < 4.78 is 17.2. The van der Waals surface area contributed by atoms with Crippen molar-refractivity contribution in [3.63, 3.8) is 0 Å². The molecule has 15 heavy (non-hydrogen) atoms. The Morgan fingerprint density at radius 3 is 2.40 bits per heavy atom. The third-order valence-corrected chi connectivity index (χ3v) is 3.30. The molecule has 0 N–H and O–H groups in total. The molecule has 0 saturated carbocycles. The number of ether oxygens (including phenoxy) is 3. The fourth-order valence-electron chi connectivity index (χ4n) is 2.34. The molecular weight excluding hydrogens is 196 g/mol. The van der Waals surface area contributed by atoms with Crippen molar-refractivity contribution in [1.29, 1.82) is 0 Å². The summed E-state index contributed by atoms with van der Waals surface area (Å²) in [4.78, 5) is 10.9. The predicted molar refractivity (Wildman–Crippen MR) is 53.5 cm³/mol. The molecule has 4 heteroatoms. The largest absolute Gasteiger partial charge is 0.359 e. The molecule has 4 nitrogen and oxygen atoms in total. The molecule has 0 aliphatic carbocycles. The third kappa shape index (κ3) is 1.61. The molecule has 2 saturated heterocycles. The summed E-state index contributed by atoms with van der Waals surface area (Å²) in [6.07, 6.45) is 0.707. The maximum atomic E-state index is 10.9. The van der Waals surface area contributed by atoms with E-state index in [0.29, 0.717) is 0 Å². The minimum absolute atomic E-state index is 0.146. The van der Waals surface area contributed by atoms with Crippen molar-refractivity contribution >= 4 is 6.29 Å². The van der Waals surface area contributed by atoms with E-state index >= 15 is 0 Å². The molecule has 2 heterocycles. The van der Waals surface area contributed by atoms with Gasteiger partial charge < -0.3 is 19.0 Å². The summed E-state index contributed by atoms with van der Waals surface area (Å²) in [6.45, 7) is 7.73. The smallest absolute Gasteiger partial charge is 0.164 e. The van der Waals surface area contributed by atoms with Crippen LogP contribution in [-0.4, -0.2) is 36.0 Å². The van der Waals surface area contributed by atoms with E-state index in [1.165, 1.54) is 0 Å². The summed E-state index contributed by atoms with van der Waals surface area (Å²) in [5, 5.41) is 0. The van der Waals surface area contributed by atoms with Gasteiger partial charge in [-0.05, 0) is 27.2 Å². The SMILES string of the molecule is CC[C@@]1(C)O[C@H](C=O)[C@H]2OC(C)(C)O[C@H]21. The maximum absolute atomic E-state index is 10.9. The molecule has 0 aromatic heterocycles. The summed E-state index contributed by atoms with van der Waals surface area (Å²) >= 11 is 0. The zero-order chi connectivity index (χ0) is 11.3. The van der Waals surface area contributed by atoms with Crippen molar-refractivity contribution in [3.05, 3.63) is 0 Å². The second kappa shape index (κ2) is 3.27. The highest BCUT2D eigenvalue weighted by Gasteiger charge is 2.59. The van der Waals surface area contributed by atoms with E-state index in [9.17, 15) is 4.79 Å². The van der Waals surface area contributed by atoms with Crippen molar-refractivity contribution < 1.29 is 19.0 Å². The zero-order valence-corrected chi connectivity index (χ0v) is 9.65. The van der Waals surface area contributed by atoms with Gasteiger partial charge >= 0.3 is 0 Å². The first-order valence-corrected chi connectivity index (χ1v) is 5.40. The monoisotopic (exact) mass is 214 g/mol. The van der Waals surface area contributed by atoms with E-state index in [2.05, 4.69) is 0 Å². The third-order valence-electron chi connectivity index (χ3n) is 3.30. The average molecular weight is 214 g/mol. The van der Waals surface area contributed by atoms with E-state index < -0.39 is 17.5 Å². The van der Waals surface area contributed by atoms with E-state index in [-0.39, 0.29) is 12.2 Å². The second-order valence-corrected chi connectivity index (χ2v) is 4.91. The van der Waals surface area contributed by atoms with Gasteiger partial charge in [0.05, 0.1) is 5.60 Å². The number of aldehydes is 1. The van der Waals surface area contributed by atoms with Gasteiger partial charge in [0.2, 0.25) is 0 Å². The second-order valence-electron chi connectivity index (χ2n) is 4.91. The summed E-state index contributed by atoms with van der Waals surface area (Å²) in [5.41, 5.74) is -0.413. The van der Waals surface area contributed by atoms with Crippen LogP contribution in [0, 0.1) is 0 Å². The lowest BCUT2D eigenvalue weighted by molar-refractivity contribution is -0.203. The van der Waals surface area contributed by atoms with Crippen LogP contribution in [0.5, 0.6) is 0 Å². The molecular formula is C11H18O4. The number of hydrogen-bond donors (Lipinski definition) is 0. The molecule has 0 unspecified atom stereocenters. The lowest BCUT2D eigenvalue weighted by Crippen LogP contribution is -2.39. The van der Waals surface area contributed by atoms with Crippen LogP contribution in [0.25, 0.3) is 0 Å². The molecule has 0 spiro atoms. The molecule has 2 rings (SSSR count). The topological polar surface area (TPSA) is 44.8 Å². The van der Waals surface area contributed by atoms with E-state index in [1.807, 2.05) is 27.7 Å². The van der Waals surface area contributed by atoms with Gasteiger partial charge in [-0.2, -0.15) is 0 Å². The summed E-state index contributed by atoms with van der Waals surface area (Å²) in [5.74, 6) is -0.614. The van der Waals surface area contributed by atoms with Crippen LogP contribution >= 0.6 is 0 Å². The number of fused-ring (bicyclic) bond motifs is 1. The average Bonchev–Trinajstić information content (AvgIpc) is 2.61. The fourth-order valence-corrected chi connectivity index (χ4v) is 2.34. The Morgan fingerprint density at radius 2 is 1.87 bits per heavy atom. The van der Waals surface area contributed by atoms with Crippen LogP contribution in [0.15, 0.2) is 0 Å². The molecule has 0 amide bonds. The van der Waals surface area contributed by atoms with Gasteiger partial charge in [0, 0.05) is 0 Å². The predicted octanol–water partition coefficient (Wildman–Crippen LogP) is 1.27. The van der Waals surface area contributed by atoms with Crippen LogP contribution in [-0.2, 0) is 19.0 Å². The van der Waals surface area contributed by atoms with Crippen molar-refractivity contribution in [2.75, 3.05) is 0 Å². The Kier molecular flexibility index (Phi) is 2.41. The lowest BCUT2D eigenvalue weighted by atomic mass is 9.94. The highest BCUT2D eigenvalue weighted by Crippen LogP contribution is 2.44. The molecule has 0 aromatic rings. The van der Waals surface area contributed by atoms with Crippen molar-refractivity contribution in [2.24, 2.45) is 0 Å². The molecule has 0 radical (unpaired) electrons. The van der Waals surface area contributed by atoms with Gasteiger partial charge in [-0.25, -0.2) is 0 Å². The van der Waals surface area contributed by atoms with E-state index in [0.717, 1.165) is 12.7 Å². The number of carbonyl (C=O) groups is 1. The zero-order valence-electron chi connectivity index (χ0n) is 9.65. The number of hydrogen-bond acceptors (Lipinski definition) is 4. The summed E-state index contributed by atoms with van der Waals surface area (Å²) in [7, 11) is 0. The van der Waals surface area contributed by atoms with Crippen molar-refractivity contribution in [2.45, 2.75) is 63.8 Å². The molecule has 0 aromatic carbocycles. The van der Waals surface area contributed by atoms with Gasteiger partial charge in [-0.1, -0.05) is 6.92 Å². The lowest BCUT2D eigenvalue weighted by Gasteiger charge is -2.29.